The third kappa shape index (κ3) is 2.77. The summed E-state index contributed by atoms with van der Waals surface area (Å²) in [4.78, 5) is 13.4. The number of nitrogens with zero attached hydrogens (tertiary/aromatic N) is 1. The fourth-order valence-corrected chi connectivity index (χ4v) is 4.16. The molecule has 0 saturated carbocycles. The van der Waals surface area contributed by atoms with Gasteiger partial charge < -0.3 is 9.51 Å². The van der Waals surface area contributed by atoms with Gasteiger partial charge in [-0.2, -0.15) is 0 Å². The molecule has 3 nitrogen and oxygen atoms in total. The Bertz CT molecular complexity index is 1130. The van der Waals surface area contributed by atoms with Crippen molar-refractivity contribution in [2.75, 3.05) is 0 Å². The van der Waals surface area contributed by atoms with Gasteiger partial charge in [0.15, 0.2) is 0 Å². The van der Waals surface area contributed by atoms with Crippen molar-refractivity contribution in [1.82, 2.24) is 4.40 Å². The second-order valence-electron chi connectivity index (χ2n) is 5.85. The minimum absolute atomic E-state index is 0.103. The predicted molar refractivity (Wildman–Crippen MR) is 110 cm³/mol. The summed E-state index contributed by atoms with van der Waals surface area (Å²) in [6, 6.07) is 20.4. The van der Waals surface area contributed by atoms with Gasteiger partial charge in [0.2, 0.25) is 5.78 Å². The molecule has 26 heavy (non-hydrogen) atoms. The lowest BCUT2D eigenvalue weighted by Gasteiger charge is -2.08. The molecule has 0 aliphatic rings. The van der Waals surface area contributed by atoms with E-state index < -0.39 is 0 Å². The molecule has 0 saturated heterocycles. The van der Waals surface area contributed by atoms with Crippen LogP contribution in [-0.2, 0) is 0 Å². The molecule has 0 spiro atoms. The van der Waals surface area contributed by atoms with Crippen LogP contribution in [0.3, 0.4) is 0 Å². The Morgan fingerprint density at radius 1 is 0.923 bits per heavy atom. The highest BCUT2D eigenvalue weighted by Crippen LogP contribution is 2.38. The molecule has 0 aliphatic carbocycles. The molecule has 0 atom stereocenters. The molecule has 0 radical (unpaired) electrons. The minimum Gasteiger partial charge on any atom is -0.507 e. The van der Waals surface area contributed by atoms with Crippen LogP contribution < -0.4 is 0 Å². The van der Waals surface area contributed by atoms with E-state index >= 15 is 0 Å². The zero-order chi connectivity index (χ0) is 18.3. The second-order valence-corrected chi connectivity index (χ2v) is 7.50. The molecule has 128 valence electrons. The van der Waals surface area contributed by atoms with Crippen molar-refractivity contribution in [3.63, 3.8) is 0 Å². The maximum Gasteiger partial charge on any atom is 0.210 e. The Hall–Kier alpha value is -2.37. The van der Waals surface area contributed by atoms with E-state index in [4.69, 9.17) is 0 Å². The normalized spacial score (nSPS) is 11.0. The van der Waals surface area contributed by atoms with Crippen LogP contribution in [0.15, 0.2) is 81.9 Å². The van der Waals surface area contributed by atoms with Crippen LogP contribution in [0.1, 0.15) is 16.1 Å². The lowest BCUT2D eigenvalue weighted by molar-refractivity contribution is 0.103. The van der Waals surface area contributed by atoms with E-state index in [0.717, 1.165) is 21.1 Å². The van der Waals surface area contributed by atoms with Gasteiger partial charge in [0.25, 0.3) is 0 Å². The number of hydrogen-bond acceptors (Lipinski definition) is 2. The van der Waals surface area contributed by atoms with Gasteiger partial charge in [-0.1, -0.05) is 36.4 Å². The first-order valence-electron chi connectivity index (χ1n) is 7.95. The molecule has 0 fully saturated rings. The average Bonchev–Trinajstić information content (AvgIpc) is 2.97. The number of phenols is 1. The minimum atomic E-state index is -0.114. The lowest BCUT2D eigenvalue weighted by Crippen LogP contribution is -2.07. The summed E-state index contributed by atoms with van der Waals surface area (Å²) < 4.78 is 3.27. The van der Waals surface area contributed by atoms with E-state index in [-0.39, 0.29) is 11.5 Å². The van der Waals surface area contributed by atoms with Crippen molar-refractivity contribution in [3.8, 4) is 16.9 Å². The molecule has 1 N–H and O–H groups in total. The predicted octanol–water partition coefficient (Wildman–Crippen LogP) is 6.07. The zero-order valence-electron chi connectivity index (χ0n) is 13.5. The Balaban J connectivity index is 2.02. The molecule has 2 heterocycles. The average molecular weight is 471 g/mol. The third-order valence-corrected chi connectivity index (χ3v) is 5.71. The molecule has 4 rings (SSSR count). The maximum absolute atomic E-state index is 13.4. The quantitative estimate of drug-likeness (QED) is 0.369. The topological polar surface area (TPSA) is 41.7 Å². The fraction of sp³-hybridized carbons (Fsp3) is 0. The smallest absolute Gasteiger partial charge is 0.210 e. The Morgan fingerprint density at radius 3 is 2.38 bits per heavy atom. The first-order chi connectivity index (χ1) is 12.6. The molecule has 0 aliphatic heterocycles. The molecular weight excluding hydrogens is 458 g/mol. The number of halogens is 2. The number of ketones is 1. The van der Waals surface area contributed by atoms with Crippen LogP contribution in [0.2, 0.25) is 0 Å². The summed E-state index contributed by atoms with van der Waals surface area (Å²) in [5, 5.41) is 9.73. The van der Waals surface area contributed by atoms with E-state index in [2.05, 4.69) is 31.9 Å². The summed E-state index contributed by atoms with van der Waals surface area (Å²) in [7, 11) is 0. The van der Waals surface area contributed by atoms with E-state index in [1.54, 1.807) is 12.1 Å². The number of fused-ring (bicyclic) bond motifs is 1. The summed E-state index contributed by atoms with van der Waals surface area (Å²) in [5.41, 5.74) is 3.82. The van der Waals surface area contributed by atoms with Gasteiger partial charge in [-0.3, -0.25) is 4.79 Å². The Morgan fingerprint density at radius 2 is 1.65 bits per heavy atom. The van der Waals surface area contributed by atoms with Crippen molar-refractivity contribution >= 4 is 43.2 Å². The van der Waals surface area contributed by atoms with E-state index in [1.807, 2.05) is 59.1 Å². The fourth-order valence-electron chi connectivity index (χ4n) is 3.05. The summed E-state index contributed by atoms with van der Waals surface area (Å²) in [5.74, 6) is -0.0116. The molecule has 2 aromatic carbocycles. The lowest BCUT2D eigenvalue weighted by atomic mass is 10.0. The van der Waals surface area contributed by atoms with Gasteiger partial charge in [0.05, 0.1) is 14.5 Å². The number of benzene rings is 2. The molecule has 0 unspecified atom stereocenters. The molecule has 0 bridgehead atoms. The number of rotatable bonds is 3. The number of hydrogen-bond donors (Lipinski definition) is 1. The number of aromatic nitrogens is 1. The number of aromatic hydroxyl groups is 1. The monoisotopic (exact) mass is 469 g/mol. The van der Waals surface area contributed by atoms with Gasteiger partial charge in [0.1, 0.15) is 11.4 Å². The first-order valence-corrected chi connectivity index (χ1v) is 9.53. The number of carbonyl (C=O) groups is 1. The summed E-state index contributed by atoms with van der Waals surface area (Å²) in [6.07, 6.45) is 1.88. The van der Waals surface area contributed by atoms with Crippen molar-refractivity contribution < 1.29 is 9.90 Å². The number of phenolic OH excluding ortho intramolecular Hbond substituents is 1. The highest BCUT2D eigenvalue weighted by Gasteiger charge is 2.24. The van der Waals surface area contributed by atoms with Gasteiger partial charge in [0, 0.05) is 17.3 Å². The zero-order valence-corrected chi connectivity index (χ0v) is 16.7. The van der Waals surface area contributed by atoms with Crippen molar-refractivity contribution in [2.45, 2.75) is 0 Å². The number of carbonyl (C=O) groups excluding carboxylic acids is 1. The molecule has 0 amide bonds. The van der Waals surface area contributed by atoms with Crippen LogP contribution >= 0.6 is 31.9 Å². The number of pyridine rings is 1. The second kappa shape index (κ2) is 6.74. The van der Waals surface area contributed by atoms with Crippen molar-refractivity contribution in [1.29, 1.82) is 0 Å². The van der Waals surface area contributed by atoms with Gasteiger partial charge >= 0.3 is 0 Å². The first kappa shape index (κ1) is 17.1. The standard InChI is InChI=1S/C21H13Br2NO2/c22-15-12-14(9-10-17(15)25)21(26)20-18(13-6-2-1-3-7-13)19(23)16-8-4-5-11-24(16)20/h1-12,25H. The Kier molecular flexibility index (Phi) is 4.42. The highest BCUT2D eigenvalue weighted by molar-refractivity contribution is 9.11. The van der Waals surface area contributed by atoms with Crippen LogP contribution in [0.5, 0.6) is 5.75 Å². The van der Waals surface area contributed by atoms with Crippen molar-refractivity contribution in [2.24, 2.45) is 0 Å². The molecule has 4 aromatic rings. The van der Waals surface area contributed by atoms with Crippen LogP contribution in [0.4, 0.5) is 0 Å². The largest absolute Gasteiger partial charge is 0.507 e. The Labute approximate surface area is 167 Å². The molecule has 5 heteroatoms. The SMILES string of the molecule is O=C(c1ccc(O)c(Br)c1)c1c(-c2ccccc2)c(Br)c2ccccn12. The summed E-state index contributed by atoms with van der Waals surface area (Å²) in [6.45, 7) is 0. The van der Waals surface area contributed by atoms with Crippen LogP contribution in [-0.4, -0.2) is 15.3 Å². The summed E-state index contributed by atoms with van der Waals surface area (Å²) >= 11 is 6.97. The van der Waals surface area contributed by atoms with Gasteiger partial charge in [-0.25, -0.2) is 0 Å². The maximum atomic E-state index is 13.4. The third-order valence-electron chi connectivity index (χ3n) is 4.27. The highest BCUT2D eigenvalue weighted by atomic mass is 79.9. The molecular formula is C21H13Br2NO2. The molecule has 2 aromatic heterocycles. The van der Waals surface area contributed by atoms with Crippen molar-refractivity contribution in [3.05, 3.63) is 93.1 Å². The van der Waals surface area contributed by atoms with Crippen LogP contribution in [0.25, 0.3) is 16.6 Å². The van der Waals surface area contributed by atoms with Crippen LogP contribution in [0, 0.1) is 0 Å². The van der Waals surface area contributed by atoms with E-state index in [0.29, 0.717) is 15.7 Å². The van der Waals surface area contributed by atoms with Gasteiger partial charge in [-0.15, -0.1) is 0 Å². The van der Waals surface area contributed by atoms with E-state index in [1.165, 1.54) is 6.07 Å². The van der Waals surface area contributed by atoms with Gasteiger partial charge in [-0.05, 0) is 67.8 Å². The van der Waals surface area contributed by atoms with E-state index in [9.17, 15) is 9.90 Å².